The fourth-order valence-corrected chi connectivity index (χ4v) is 2.44. The first-order valence-electron chi connectivity index (χ1n) is 7.95. The fourth-order valence-electron chi connectivity index (χ4n) is 2.44. The molecule has 2 aliphatic rings. The number of halogens is 2. The summed E-state index contributed by atoms with van der Waals surface area (Å²) in [5, 5.41) is 0. The monoisotopic (exact) mass is 330 g/mol. The largest absolute Gasteiger partial charge is 0.429 e. The van der Waals surface area contributed by atoms with Gasteiger partial charge < -0.3 is 9.39 Å². The maximum Gasteiger partial charge on any atom is 0.423 e. The summed E-state index contributed by atoms with van der Waals surface area (Å²) in [5.41, 5.74) is 2.25. The Bertz CT molecular complexity index is 742. The second kappa shape index (κ2) is 5.19. The normalized spacial score (nSPS) is 18.5. The lowest BCUT2D eigenvalue weighted by atomic mass is 9.75. The van der Waals surface area contributed by atoms with Crippen LogP contribution in [0.15, 0.2) is 24.3 Å². The summed E-state index contributed by atoms with van der Waals surface area (Å²) in [5.74, 6) is 0.176. The van der Waals surface area contributed by atoms with Crippen molar-refractivity contribution < 1.29 is 18.2 Å². The third kappa shape index (κ3) is 2.69. The number of benzene rings is 1. The smallest absolute Gasteiger partial charge is 0.423 e. The van der Waals surface area contributed by atoms with Crippen molar-refractivity contribution in [1.29, 1.82) is 0 Å². The molecule has 24 heavy (non-hydrogen) atoms. The Balaban J connectivity index is 1.93. The van der Waals surface area contributed by atoms with E-state index in [4.69, 9.17) is 9.39 Å². The molecule has 5 heteroatoms. The molecule has 1 aromatic carbocycles. The Labute approximate surface area is 142 Å². The predicted molar refractivity (Wildman–Crippen MR) is 93.3 cm³/mol. The topological polar surface area (TPSA) is 18.5 Å². The molecule has 0 atom stereocenters. The minimum Gasteiger partial charge on any atom is -0.429 e. The van der Waals surface area contributed by atoms with E-state index in [2.05, 4.69) is 27.4 Å². The molecule has 3 rings (SSSR count). The first-order valence-corrected chi connectivity index (χ1v) is 7.95. The summed E-state index contributed by atoms with van der Waals surface area (Å²) in [7, 11) is 1.68. The van der Waals surface area contributed by atoms with Crippen molar-refractivity contribution in [2.45, 2.75) is 46.3 Å². The van der Waals surface area contributed by atoms with Gasteiger partial charge in [0.25, 0.3) is 0 Å². The highest BCUT2D eigenvalue weighted by atomic mass is 19.3. The van der Waals surface area contributed by atoms with E-state index in [0.717, 1.165) is 11.0 Å². The third-order valence-corrected chi connectivity index (χ3v) is 5.05. The molecule has 126 valence electrons. The molecule has 1 aliphatic carbocycles. The van der Waals surface area contributed by atoms with Gasteiger partial charge in [-0.1, -0.05) is 39.5 Å². The van der Waals surface area contributed by atoms with Crippen LogP contribution < -0.4 is 10.2 Å². The van der Waals surface area contributed by atoms with Crippen LogP contribution >= 0.6 is 0 Å². The molecule has 1 aromatic rings. The highest BCUT2D eigenvalue weighted by Crippen LogP contribution is 2.55. The van der Waals surface area contributed by atoms with Gasteiger partial charge in [0.05, 0.1) is 11.2 Å². The van der Waals surface area contributed by atoms with Crippen LogP contribution in [-0.2, 0) is 4.65 Å². The predicted octanol–water partition coefficient (Wildman–Crippen LogP) is 4.37. The van der Waals surface area contributed by atoms with E-state index in [1.807, 2.05) is 13.8 Å². The number of ether oxygens (including phenoxy) is 1. The van der Waals surface area contributed by atoms with Crippen LogP contribution in [0.1, 0.15) is 45.7 Å². The van der Waals surface area contributed by atoms with Gasteiger partial charge in [0.2, 0.25) is 0 Å². The molecule has 0 saturated carbocycles. The van der Waals surface area contributed by atoms with Crippen LogP contribution in [0.4, 0.5) is 8.78 Å². The van der Waals surface area contributed by atoms with Crippen molar-refractivity contribution in [3.63, 3.8) is 0 Å². The van der Waals surface area contributed by atoms with E-state index >= 15 is 0 Å². The number of alkyl halides is 2. The van der Waals surface area contributed by atoms with Gasteiger partial charge in [-0.3, -0.25) is 0 Å². The highest BCUT2D eigenvalue weighted by Gasteiger charge is 2.52. The van der Waals surface area contributed by atoms with Crippen molar-refractivity contribution in [3.8, 4) is 5.75 Å². The zero-order chi connectivity index (χ0) is 17.9. The fraction of sp³-hybridized carbons (Fsp3) is 0.421. The average Bonchev–Trinajstić information content (AvgIpc) is 3.24. The molecule has 0 fully saturated rings. The van der Waals surface area contributed by atoms with E-state index in [9.17, 15) is 8.78 Å². The van der Waals surface area contributed by atoms with Crippen LogP contribution in [0.3, 0.4) is 0 Å². The van der Waals surface area contributed by atoms with E-state index in [-0.39, 0.29) is 22.3 Å². The Morgan fingerprint density at radius 2 is 1.88 bits per heavy atom. The van der Waals surface area contributed by atoms with Crippen LogP contribution in [-0.4, -0.2) is 19.2 Å². The van der Waals surface area contributed by atoms with E-state index < -0.39 is 6.11 Å². The molecule has 1 heterocycles. The number of rotatable bonds is 4. The molecule has 2 nitrogen and oxygen atoms in total. The molecule has 0 bridgehead atoms. The summed E-state index contributed by atoms with van der Waals surface area (Å²) in [4.78, 5) is 0. The van der Waals surface area contributed by atoms with Gasteiger partial charge in [-0.05, 0) is 41.9 Å². The molecule has 0 saturated heterocycles. The molecule has 1 aliphatic heterocycles. The maximum atomic E-state index is 13.7. The SMILES string of the molecule is C=Cc1c([B]OC(C)(C)C(C)(C)C)ccc2c1C1=C([CH]1)C(F)(F)O2. The molecule has 0 unspecified atom stereocenters. The average molecular weight is 330 g/mol. The van der Waals surface area contributed by atoms with Gasteiger partial charge in [0.15, 0.2) is 0 Å². The summed E-state index contributed by atoms with van der Waals surface area (Å²) in [6.07, 6.45) is -0.124. The molecule has 0 spiro atoms. The zero-order valence-corrected chi connectivity index (χ0v) is 14.7. The van der Waals surface area contributed by atoms with Gasteiger partial charge >= 0.3 is 13.6 Å². The number of hydrogen-bond donors (Lipinski definition) is 0. The summed E-state index contributed by atoms with van der Waals surface area (Å²) < 4.78 is 38.3. The van der Waals surface area contributed by atoms with Crippen LogP contribution in [0, 0.1) is 11.8 Å². The lowest BCUT2D eigenvalue weighted by Gasteiger charge is -2.39. The molecule has 0 aromatic heterocycles. The van der Waals surface area contributed by atoms with Crippen molar-refractivity contribution in [3.05, 3.63) is 41.8 Å². The standard InChI is InChI=1S/C19H21BF2O2/c1-7-11-14(20-24-18(5,6)17(2,3)4)8-9-15-16(11)12-10-13(12)19(21,22)23-15/h7-10H,1H2,2-6H3. The maximum absolute atomic E-state index is 13.7. The third-order valence-electron chi connectivity index (χ3n) is 5.05. The van der Waals surface area contributed by atoms with Gasteiger partial charge in [-0.15, -0.1) is 0 Å². The van der Waals surface area contributed by atoms with Crippen LogP contribution in [0.2, 0.25) is 0 Å². The van der Waals surface area contributed by atoms with Crippen molar-refractivity contribution in [1.82, 2.24) is 0 Å². The van der Waals surface area contributed by atoms with Crippen LogP contribution in [0.25, 0.3) is 11.6 Å². The molecule has 0 amide bonds. The van der Waals surface area contributed by atoms with Crippen LogP contribution in [0.5, 0.6) is 5.75 Å². The summed E-state index contributed by atoms with van der Waals surface area (Å²) in [6, 6.07) is 3.28. The van der Waals surface area contributed by atoms with Gasteiger partial charge in [-0.25, -0.2) is 0 Å². The Hall–Kier alpha value is -1.62. The molecular formula is C19H21BF2O2. The summed E-state index contributed by atoms with van der Waals surface area (Å²) >= 11 is 0. The first kappa shape index (κ1) is 17.2. The molecular weight excluding hydrogens is 309 g/mol. The van der Waals surface area contributed by atoms with Gasteiger partial charge in [0, 0.05) is 12.0 Å². The number of fused-ring (bicyclic) bond motifs is 2. The quantitative estimate of drug-likeness (QED) is 0.763. The van der Waals surface area contributed by atoms with E-state index in [1.54, 1.807) is 25.7 Å². The van der Waals surface area contributed by atoms with E-state index in [1.165, 1.54) is 6.42 Å². The minimum absolute atomic E-state index is 0.0498. The summed E-state index contributed by atoms with van der Waals surface area (Å²) in [6.45, 7) is 14.2. The van der Waals surface area contributed by atoms with Crippen molar-refractivity contribution in [2.75, 3.05) is 0 Å². The number of hydrogen-bond acceptors (Lipinski definition) is 2. The van der Waals surface area contributed by atoms with Gasteiger partial charge in [-0.2, -0.15) is 8.78 Å². The second-order valence-electron chi connectivity index (χ2n) is 7.73. The second-order valence-corrected chi connectivity index (χ2v) is 7.73. The Morgan fingerprint density at radius 1 is 1.21 bits per heavy atom. The lowest BCUT2D eigenvalue weighted by molar-refractivity contribution is -0.137. The molecule has 2 radical (unpaired) electrons. The minimum atomic E-state index is -3.24. The van der Waals surface area contributed by atoms with E-state index in [0.29, 0.717) is 11.1 Å². The molecule has 0 N–H and O–H groups in total. The zero-order valence-electron chi connectivity index (χ0n) is 14.7. The van der Waals surface area contributed by atoms with Crippen molar-refractivity contribution in [2.24, 2.45) is 5.41 Å². The first-order chi connectivity index (χ1) is 11.0. The Kier molecular flexibility index (Phi) is 3.72. The highest BCUT2D eigenvalue weighted by molar-refractivity contribution is 6.48. The van der Waals surface area contributed by atoms with Crippen molar-refractivity contribution >= 4 is 24.6 Å². The Morgan fingerprint density at radius 3 is 2.46 bits per heavy atom. The lowest BCUT2D eigenvalue weighted by Crippen LogP contribution is -2.43. The number of allylic oxidation sites excluding steroid dienone is 1. The van der Waals surface area contributed by atoms with Gasteiger partial charge in [0.1, 0.15) is 5.75 Å².